The van der Waals surface area contributed by atoms with Crippen molar-refractivity contribution in [3.8, 4) is 0 Å². The van der Waals surface area contributed by atoms with Gasteiger partial charge < -0.3 is 5.32 Å². The van der Waals surface area contributed by atoms with E-state index in [9.17, 15) is 4.79 Å². The van der Waals surface area contributed by atoms with Gasteiger partial charge in [-0.25, -0.2) is 0 Å². The van der Waals surface area contributed by atoms with Crippen molar-refractivity contribution in [3.05, 3.63) is 23.4 Å². The third-order valence-corrected chi connectivity index (χ3v) is 2.17. The summed E-state index contributed by atoms with van der Waals surface area (Å²) >= 11 is 0. The van der Waals surface area contributed by atoms with Gasteiger partial charge in [0.25, 0.3) is 0 Å². The van der Waals surface area contributed by atoms with Crippen LogP contribution in [0.5, 0.6) is 0 Å². The number of nitrogens with one attached hydrogen (secondary N) is 1. The molecule has 1 aliphatic heterocycles. The molecule has 1 N–H and O–H groups in total. The van der Waals surface area contributed by atoms with E-state index in [1.165, 1.54) is 0 Å². The van der Waals surface area contributed by atoms with Crippen molar-refractivity contribution in [2.45, 2.75) is 19.3 Å². The van der Waals surface area contributed by atoms with E-state index in [-0.39, 0.29) is 0 Å². The summed E-state index contributed by atoms with van der Waals surface area (Å²) in [4.78, 5) is 11.3. The SMILES string of the molecule is O=C1CCCC2=C1C=CCN2. The Morgan fingerprint density at radius 3 is 3.09 bits per heavy atom. The minimum atomic E-state index is 0.301. The van der Waals surface area contributed by atoms with Gasteiger partial charge in [-0.3, -0.25) is 4.79 Å². The number of allylic oxidation sites excluding steroid dienone is 3. The summed E-state index contributed by atoms with van der Waals surface area (Å²) in [6.45, 7) is 0.881. The topological polar surface area (TPSA) is 29.1 Å². The van der Waals surface area contributed by atoms with Crippen LogP contribution in [-0.2, 0) is 4.79 Å². The van der Waals surface area contributed by atoms with Gasteiger partial charge >= 0.3 is 0 Å². The van der Waals surface area contributed by atoms with E-state index >= 15 is 0 Å². The molecule has 2 aliphatic rings. The predicted molar refractivity (Wildman–Crippen MR) is 43.0 cm³/mol. The summed E-state index contributed by atoms with van der Waals surface area (Å²) in [5, 5.41) is 3.22. The molecule has 2 nitrogen and oxygen atoms in total. The van der Waals surface area contributed by atoms with E-state index in [0.29, 0.717) is 5.78 Å². The van der Waals surface area contributed by atoms with Crippen molar-refractivity contribution >= 4 is 5.78 Å². The fraction of sp³-hybridized carbons (Fsp3) is 0.444. The summed E-state index contributed by atoms with van der Waals surface area (Å²) in [5.74, 6) is 0.301. The molecule has 0 radical (unpaired) electrons. The predicted octanol–water partition coefficient (Wildman–Crippen LogP) is 1.15. The molecule has 0 spiro atoms. The molecule has 11 heavy (non-hydrogen) atoms. The van der Waals surface area contributed by atoms with Crippen LogP contribution < -0.4 is 5.32 Å². The number of carbonyl (C=O) groups excluding carboxylic acids is 1. The molecule has 0 bridgehead atoms. The molecule has 0 fully saturated rings. The average Bonchev–Trinajstić information content (AvgIpc) is 2.06. The fourth-order valence-electron chi connectivity index (χ4n) is 1.60. The van der Waals surface area contributed by atoms with E-state index in [2.05, 4.69) is 5.32 Å². The second kappa shape index (κ2) is 2.53. The quantitative estimate of drug-likeness (QED) is 0.560. The Bertz CT molecular complexity index is 250. The van der Waals surface area contributed by atoms with Gasteiger partial charge in [0.15, 0.2) is 5.78 Å². The highest BCUT2D eigenvalue weighted by molar-refractivity contribution is 5.99. The van der Waals surface area contributed by atoms with Crippen molar-refractivity contribution in [1.82, 2.24) is 5.32 Å². The molecule has 0 saturated carbocycles. The second-order valence-corrected chi connectivity index (χ2v) is 2.95. The van der Waals surface area contributed by atoms with Crippen LogP contribution in [0.15, 0.2) is 23.4 Å². The van der Waals surface area contributed by atoms with Gasteiger partial charge in [-0.05, 0) is 12.8 Å². The standard InChI is InChI=1S/C9H11NO/c11-9-5-1-4-8-7(9)3-2-6-10-8/h2-3,10H,1,4-6H2. The Morgan fingerprint density at radius 1 is 1.36 bits per heavy atom. The zero-order valence-corrected chi connectivity index (χ0v) is 6.39. The number of carbonyl (C=O) groups is 1. The molecule has 0 aromatic heterocycles. The van der Waals surface area contributed by atoms with Crippen LogP contribution >= 0.6 is 0 Å². The normalized spacial score (nSPS) is 23.1. The van der Waals surface area contributed by atoms with Crippen LogP contribution in [0.2, 0.25) is 0 Å². The lowest BCUT2D eigenvalue weighted by atomic mass is 9.93. The Labute approximate surface area is 66.0 Å². The number of hydrogen-bond donors (Lipinski definition) is 1. The highest BCUT2D eigenvalue weighted by Gasteiger charge is 2.19. The first-order valence-corrected chi connectivity index (χ1v) is 4.05. The fourth-order valence-corrected chi connectivity index (χ4v) is 1.60. The molecule has 0 amide bonds. The average molecular weight is 149 g/mol. The first-order valence-electron chi connectivity index (χ1n) is 4.05. The van der Waals surface area contributed by atoms with E-state index < -0.39 is 0 Å². The van der Waals surface area contributed by atoms with E-state index in [0.717, 1.165) is 37.1 Å². The molecule has 0 atom stereocenters. The number of Topliss-reactive ketones (excluding diaryl/α,β-unsaturated/α-hetero) is 1. The molecular formula is C9H11NO. The number of hydrogen-bond acceptors (Lipinski definition) is 2. The number of ketones is 1. The molecule has 2 heteroatoms. The highest BCUT2D eigenvalue weighted by Crippen LogP contribution is 2.22. The van der Waals surface area contributed by atoms with Crippen molar-refractivity contribution < 1.29 is 4.79 Å². The molecule has 58 valence electrons. The lowest BCUT2D eigenvalue weighted by molar-refractivity contribution is -0.115. The van der Waals surface area contributed by atoms with Crippen molar-refractivity contribution in [2.24, 2.45) is 0 Å². The van der Waals surface area contributed by atoms with Gasteiger partial charge in [-0.2, -0.15) is 0 Å². The maximum absolute atomic E-state index is 11.3. The maximum Gasteiger partial charge on any atom is 0.164 e. The van der Waals surface area contributed by atoms with Gasteiger partial charge in [0.1, 0.15) is 0 Å². The minimum Gasteiger partial charge on any atom is -0.384 e. The third kappa shape index (κ3) is 1.09. The van der Waals surface area contributed by atoms with E-state index in [1.54, 1.807) is 0 Å². The van der Waals surface area contributed by atoms with Crippen LogP contribution in [0.4, 0.5) is 0 Å². The Morgan fingerprint density at radius 2 is 2.27 bits per heavy atom. The Balaban J connectivity index is 2.35. The molecule has 2 rings (SSSR count). The minimum absolute atomic E-state index is 0.301. The van der Waals surface area contributed by atoms with E-state index in [1.807, 2.05) is 12.2 Å². The van der Waals surface area contributed by atoms with Crippen molar-refractivity contribution in [3.63, 3.8) is 0 Å². The highest BCUT2D eigenvalue weighted by atomic mass is 16.1. The van der Waals surface area contributed by atoms with Gasteiger partial charge in [-0.15, -0.1) is 0 Å². The van der Waals surface area contributed by atoms with Crippen LogP contribution in [0, 0.1) is 0 Å². The molecule has 0 saturated heterocycles. The van der Waals surface area contributed by atoms with Crippen LogP contribution in [0.3, 0.4) is 0 Å². The van der Waals surface area contributed by atoms with E-state index in [4.69, 9.17) is 0 Å². The largest absolute Gasteiger partial charge is 0.384 e. The molecule has 0 unspecified atom stereocenters. The molecular weight excluding hydrogens is 138 g/mol. The smallest absolute Gasteiger partial charge is 0.164 e. The molecule has 1 aliphatic carbocycles. The summed E-state index contributed by atoms with van der Waals surface area (Å²) in [6.07, 6.45) is 6.74. The van der Waals surface area contributed by atoms with Gasteiger partial charge in [0, 0.05) is 24.2 Å². The summed E-state index contributed by atoms with van der Waals surface area (Å²) in [6, 6.07) is 0. The van der Waals surface area contributed by atoms with Gasteiger partial charge in [0.2, 0.25) is 0 Å². The van der Waals surface area contributed by atoms with Gasteiger partial charge in [-0.1, -0.05) is 12.2 Å². The molecule has 0 aromatic carbocycles. The van der Waals surface area contributed by atoms with Crippen molar-refractivity contribution in [2.75, 3.05) is 6.54 Å². The zero-order chi connectivity index (χ0) is 7.68. The summed E-state index contributed by atoms with van der Waals surface area (Å²) < 4.78 is 0. The van der Waals surface area contributed by atoms with Crippen LogP contribution in [0.25, 0.3) is 0 Å². The van der Waals surface area contributed by atoms with Gasteiger partial charge in [0.05, 0.1) is 0 Å². The Hall–Kier alpha value is -1.05. The second-order valence-electron chi connectivity index (χ2n) is 2.95. The monoisotopic (exact) mass is 149 g/mol. The number of rotatable bonds is 0. The molecule has 1 heterocycles. The lowest BCUT2D eigenvalue weighted by Crippen LogP contribution is -2.24. The molecule has 0 aromatic rings. The number of dihydropyridines is 1. The van der Waals surface area contributed by atoms with Crippen LogP contribution in [0.1, 0.15) is 19.3 Å². The lowest BCUT2D eigenvalue weighted by Gasteiger charge is -2.20. The maximum atomic E-state index is 11.3. The summed E-state index contributed by atoms with van der Waals surface area (Å²) in [5.41, 5.74) is 2.08. The first-order chi connectivity index (χ1) is 5.38. The van der Waals surface area contributed by atoms with Crippen LogP contribution in [-0.4, -0.2) is 12.3 Å². The zero-order valence-electron chi connectivity index (χ0n) is 6.39. The summed E-state index contributed by atoms with van der Waals surface area (Å²) in [7, 11) is 0. The third-order valence-electron chi connectivity index (χ3n) is 2.17. The first kappa shape index (κ1) is 6.65. The Kier molecular flexibility index (Phi) is 1.53. The van der Waals surface area contributed by atoms with Crippen molar-refractivity contribution in [1.29, 1.82) is 0 Å².